The number of aromatic nitrogens is 1. The van der Waals surface area contributed by atoms with Gasteiger partial charge in [-0.1, -0.05) is 0 Å². The third-order valence-electron chi connectivity index (χ3n) is 6.13. The Kier molecular flexibility index (Phi) is 7.60. The second kappa shape index (κ2) is 10.8. The lowest BCUT2D eigenvalue weighted by Crippen LogP contribution is -2.45. The Balaban J connectivity index is 1.62. The van der Waals surface area contributed by atoms with Gasteiger partial charge in [-0.05, 0) is 82.1 Å². The molecule has 8 nitrogen and oxygen atoms in total. The molecule has 0 atom stereocenters. The van der Waals surface area contributed by atoms with Crippen LogP contribution in [-0.4, -0.2) is 59.0 Å². The van der Waals surface area contributed by atoms with Crippen LogP contribution < -0.4 is 9.47 Å². The van der Waals surface area contributed by atoms with E-state index in [0.717, 1.165) is 33.4 Å². The monoisotopic (exact) mass is 479 g/mol. The van der Waals surface area contributed by atoms with E-state index in [0.29, 0.717) is 37.6 Å². The number of hydrogen-bond acceptors (Lipinski definition) is 6. The third-order valence-corrected chi connectivity index (χ3v) is 6.13. The van der Waals surface area contributed by atoms with Crippen LogP contribution in [0.2, 0.25) is 0 Å². The number of methoxy groups -OCH3 is 1. The predicted octanol–water partition coefficient (Wildman–Crippen LogP) is 5.81. The van der Waals surface area contributed by atoms with Gasteiger partial charge in [0.05, 0.1) is 13.2 Å². The molecule has 0 spiro atoms. The number of benzene rings is 2. The average Bonchev–Trinajstić information content (AvgIpc) is 3.33. The molecule has 8 heteroatoms. The topological polar surface area (TPSA) is 88.3 Å². The first-order chi connectivity index (χ1) is 16.9. The molecule has 3 aromatic rings. The highest BCUT2D eigenvalue weighted by Gasteiger charge is 2.30. The van der Waals surface area contributed by atoms with Gasteiger partial charge in [0, 0.05) is 36.7 Å². The minimum atomic E-state index is -0.360. The van der Waals surface area contributed by atoms with Gasteiger partial charge in [0.15, 0.2) is 11.7 Å². The Morgan fingerprint density at radius 1 is 1.09 bits per heavy atom. The molecule has 1 fully saturated rings. The number of hydroxylamine groups is 2. The van der Waals surface area contributed by atoms with Crippen LogP contribution >= 0.6 is 0 Å². The van der Waals surface area contributed by atoms with Crippen LogP contribution in [0.25, 0.3) is 22.6 Å². The van der Waals surface area contributed by atoms with Crippen molar-refractivity contribution in [3.8, 4) is 34.1 Å². The van der Waals surface area contributed by atoms with Gasteiger partial charge in [-0.15, -0.1) is 0 Å². The molecule has 0 aliphatic carbocycles. The number of oxazole rings is 1. The van der Waals surface area contributed by atoms with E-state index in [1.807, 2.05) is 62.4 Å². The molecule has 0 saturated carbocycles. The van der Waals surface area contributed by atoms with Crippen LogP contribution in [0.4, 0.5) is 4.79 Å². The summed E-state index contributed by atoms with van der Waals surface area (Å²) in [4.78, 5) is 18.9. The van der Waals surface area contributed by atoms with Crippen LogP contribution in [0.1, 0.15) is 45.4 Å². The molecule has 1 saturated heterocycles. The summed E-state index contributed by atoms with van der Waals surface area (Å²) >= 11 is 0. The molecule has 0 radical (unpaired) electrons. The second-order valence-corrected chi connectivity index (χ2v) is 8.91. The normalized spacial score (nSPS) is 14.3. The van der Waals surface area contributed by atoms with E-state index in [1.54, 1.807) is 18.9 Å². The molecule has 1 aromatic heterocycles. The number of piperidine rings is 1. The van der Waals surface area contributed by atoms with Gasteiger partial charge in [0.1, 0.15) is 17.2 Å². The predicted molar refractivity (Wildman–Crippen MR) is 133 cm³/mol. The van der Waals surface area contributed by atoms with Crippen molar-refractivity contribution in [1.82, 2.24) is 14.9 Å². The molecule has 1 N–H and O–H groups in total. The summed E-state index contributed by atoms with van der Waals surface area (Å²) in [7, 11) is 1.64. The number of hydrogen-bond donors (Lipinski definition) is 1. The van der Waals surface area contributed by atoms with Crippen molar-refractivity contribution in [2.24, 2.45) is 0 Å². The molecule has 4 rings (SSSR count). The molecular weight excluding hydrogens is 446 g/mol. The van der Waals surface area contributed by atoms with Crippen LogP contribution in [0, 0.1) is 0 Å². The lowest BCUT2D eigenvalue weighted by Gasteiger charge is -2.32. The lowest BCUT2D eigenvalue weighted by molar-refractivity contribution is -0.0543. The van der Waals surface area contributed by atoms with Crippen LogP contribution in [0.5, 0.6) is 11.5 Å². The molecule has 35 heavy (non-hydrogen) atoms. The summed E-state index contributed by atoms with van der Waals surface area (Å²) in [6.07, 6.45) is 1.53. The summed E-state index contributed by atoms with van der Waals surface area (Å²) in [6, 6.07) is 15.2. The summed E-state index contributed by atoms with van der Waals surface area (Å²) in [5.41, 5.74) is 2.62. The number of rotatable bonds is 7. The Labute approximate surface area is 206 Å². The Morgan fingerprint density at radius 2 is 1.69 bits per heavy atom. The largest absolute Gasteiger partial charge is 0.497 e. The van der Waals surface area contributed by atoms with E-state index < -0.39 is 0 Å². The maximum atomic E-state index is 12.3. The van der Waals surface area contributed by atoms with Gasteiger partial charge < -0.3 is 18.8 Å². The number of carbonyl (C=O) groups is 1. The maximum Gasteiger partial charge on any atom is 0.343 e. The zero-order valence-electron chi connectivity index (χ0n) is 20.7. The van der Waals surface area contributed by atoms with E-state index in [9.17, 15) is 10.0 Å². The first-order valence-corrected chi connectivity index (χ1v) is 12.1. The number of ether oxygens (including phenoxy) is 2. The molecule has 0 unspecified atom stereocenters. The van der Waals surface area contributed by atoms with Crippen LogP contribution in [0.3, 0.4) is 0 Å². The smallest absolute Gasteiger partial charge is 0.343 e. The van der Waals surface area contributed by atoms with Crippen molar-refractivity contribution in [2.75, 3.05) is 26.7 Å². The van der Waals surface area contributed by atoms with E-state index in [-0.39, 0.29) is 24.6 Å². The van der Waals surface area contributed by atoms with Gasteiger partial charge in [-0.25, -0.2) is 14.8 Å². The van der Waals surface area contributed by atoms with E-state index >= 15 is 0 Å². The van der Waals surface area contributed by atoms with E-state index in [2.05, 4.69) is 0 Å². The molecule has 1 aliphatic heterocycles. The maximum absolute atomic E-state index is 12.3. The van der Waals surface area contributed by atoms with Crippen LogP contribution in [0.15, 0.2) is 52.9 Å². The molecule has 2 heterocycles. The summed E-state index contributed by atoms with van der Waals surface area (Å²) in [5, 5.41) is 10.5. The molecular formula is C27H33N3O5. The average molecular weight is 480 g/mol. The SMILES string of the molecule is CCN(O)C(=O)N1CCC(c2nc(-c3ccc(OC)cc3)c(-c3ccc(OC(C)C)cc3)o2)CC1. The van der Waals surface area contributed by atoms with Gasteiger partial charge in [0.25, 0.3) is 0 Å². The van der Waals surface area contributed by atoms with Crippen molar-refractivity contribution >= 4 is 6.03 Å². The quantitative estimate of drug-likeness (QED) is 0.340. The van der Waals surface area contributed by atoms with Gasteiger partial charge >= 0.3 is 6.03 Å². The number of nitrogens with zero attached hydrogens (tertiary/aromatic N) is 3. The first kappa shape index (κ1) is 24.6. The van der Waals surface area contributed by atoms with Gasteiger partial charge in [-0.3, -0.25) is 5.21 Å². The number of urea groups is 1. The minimum Gasteiger partial charge on any atom is -0.497 e. The Bertz CT molecular complexity index is 1120. The summed E-state index contributed by atoms with van der Waals surface area (Å²) in [6.45, 7) is 7.07. The highest BCUT2D eigenvalue weighted by Crippen LogP contribution is 2.38. The highest BCUT2D eigenvalue weighted by molar-refractivity contribution is 5.77. The fraction of sp³-hybridized carbons (Fsp3) is 0.407. The van der Waals surface area contributed by atoms with Crippen molar-refractivity contribution in [1.29, 1.82) is 0 Å². The van der Waals surface area contributed by atoms with Gasteiger partial charge in [0.2, 0.25) is 0 Å². The minimum absolute atomic E-state index is 0.0853. The van der Waals surface area contributed by atoms with Crippen molar-refractivity contribution in [3.63, 3.8) is 0 Å². The van der Waals surface area contributed by atoms with E-state index in [1.165, 1.54) is 0 Å². The van der Waals surface area contributed by atoms with Crippen molar-refractivity contribution < 1.29 is 23.9 Å². The first-order valence-electron chi connectivity index (χ1n) is 12.1. The van der Waals surface area contributed by atoms with Crippen molar-refractivity contribution in [3.05, 3.63) is 54.4 Å². The third kappa shape index (κ3) is 5.59. The van der Waals surface area contributed by atoms with Crippen LogP contribution in [-0.2, 0) is 0 Å². The molecule has 186 valence electrons. The fourth-order valence-corrected chi connectivity index (χ4v) is 4.22. The molecule has 2 aromatic carbocycles. The standard InChI is InChI=1S/C27H33N3O5/c1-5-30(32)27(31)29-16-14-21(15-17-29)26-28-24(19-6-10-22(33-4)11-7-19)25(35-26)20-8-12-23(13-9-20)34-18(2)3/h6-13,18,21,32H,5,14-17H2,1-4H3. The summed E-state index contributed by atoms with van der Waals surface area (Å²) < 4.78 is 17.5. The van der Waals surface area contributed by atoms with E-state index in [4.69, 9.17) is 18.9 Å². The second-order valence-electron chi connectivity index (χ2n) is 8.91. The number of likely N-dealkylation sites (tertiary alicyclic amines) is 1. The highest BCUT2D eigenvalue weighted by atomic mass is 16.5. The zero-order chi connectivity index (χ0) is 24.9. The molecule has 1 aliphatic rings. The zero-order valence-corrected chi connectivity index (χ0v) is 20.7. The van der Waals surface area contributed by atoms with Crippen molar-refractivity contribution in [2.45, 2.75) is 45.6 Å². The number of amides is 2. The molecule has 0 bridgehead atoms. The summed E-state index contributed by atoms with van der Waals surface area (Å²) in [5.74, 6) is 3.03. The Morgan fingerprint density at radius 3 is 2.26 bits per heavy atom. The Hall–Kier alpha value is -3.52. The number of carbonyl (C=O) groups excluding carboxylic acids is 1. The lowest BCUT2D eigenvalue weighted by atomic mass is 9.97. The fourth-order valence-electron chi connectivity index (χ4n) is 4.22. The molecule has 2 amide bonds. The van der Waals surface area contributed by atoms with Gasteiger partial charge in [-0.2, -0.15) is 0 Å².